The van der Waals surface area contributed by atoms with E-state index < -0.39 is 5.41 Å². The molecule has 28 heavy (non-hydrogen) atoms. The van der Waals surface area contributed by atoms with Crippen molar-refractivity contribution in [2.24, 2.45) is 17.3 Å². The molecule has 1 aromatic carbocycles. The van der Waals surface area contributed by atoms with Gasteiger partial charge in [0.25, 0.3) is 0 Å². The van der Waals surface area contributed by atoms with E-state index in [9.17, 15) is 9.59 Å². The van der Waals surface area contributed by atoms with Crippen LogP contribution < -0.4 is 9.47 Å². The molecule has 0 aromatic heterocycles. The second-order valence-corrected chi connectivity index (χ2v) is 10.2. The Morgan fingerprint density at radius 3 is 2.57 bits per heavy atom. The highest BCUT2D eigenvalue weighted by Gasteiger charge is 2.62. The second kappa shape index (κ2) is 6.33. The zero-order valence-corrected chi connectivity index (χ0v) is 18.0. The van der Waals surface area contributed by atoms with Gasteiger partial charge in [0.2, 0.25) is 0 Å². The van der Waals surface area contributed by atoms with E-state index in [1.165, 1.54) is 5.56 Å². The molecule has 4 nitrogen and oxygen atoms in total. The summed E-state index contributed by atoms with van der Waals surface area (Å²) in [5, 5.41) is 0. The quantitative estimate of drug-likeness (QED) is 0.524. The van der Waals surface area contributed by atoms with Crippen LogP contribution in [0.1, 0.15) is 89.8 Å². The van der Waals surface area contributed by atoms with Gasteiger partial charge in [-0.05, 0) is 48.5 Å². The Morgan fingerprint density at radius 1 is 1.21 bits per heavy atom. The molecule has 1 aliphatic heterocycles. The third-order valence-corrected chi connectivity index (χ3v) is 7.28. The van der Waals surface area contributed by atoms with Crippen LogP contribution in [-0.2, 0) is 21.4 Å². The van der Waals surface area contributed by atoms with Crippen molar-refractivity contribution in [3.05, 3.63) is 22.8 Å². The first kappa shape index (κ1) is 19.5. The van der Waals surface area contributed by atoms with E-state index >= 15 is 0 Å². The first-order chi connectivity index (χ1) is 13.1. The van der Waals surface area contributed by atoms with Gasteiger partial charge in [-0.1, -0.05) is 54.0 Å². The summed E-state index contributed by atoms with van der Waals surface area (Å²) in [7, 11) is 0. The molecule has 1 aromatic rings. The van der Waals surface area contributed by atoms with Crippen molar-refractivity contribution in [1.29, 1.82) is 0 Å². The van der Waals surface area contributed by atoms with E-state index in [0.717, 1.165) is 43.2 Å². The van der Waals surface area contributed by atoms with Gasteiger partial charge in [0.1, 0.15) is 5.41 Å². The molecule has 4 rings (SSSR count). The predicted octanol–water partition coefficient (Wildman–Crippen LogP) is 5.30. The molecule has 0 amide bonds. The van der Waals surface area contributed by atoms with Crippen LogP contribution in [0.25, 0.3) is 0 Å². The normalized spacial score (nSPS) is 27.4. The largest absolute Gasteiger partial charge is 0.422 e. The molecule has 0 bridgehead atoms. The van der Waals surface area contributed by atoms with Gasteiger partial charge in [-0.15, -0.1) is 0 Å². The minimum atomic E-state index is -0.570. The van der Waals surface area contributed by atoms with E-state index in [2.05, 4.69) is 33.8 Å². The van der Waals surface area contributed by atoms with Crippen LogP contribution >= 0.6 is 0 Å². The SMILES string of the molecule is CC(C)C(=O)Oc1c(C(C)C)cc2c3c1OC(=O)[C@@]31CCCC(C)(C)[C@@H]1CC2. The lowest BCUT2D eigenvalue weighted by Gasteiger charge is -2.51. The number of carbonyl (C=O) groups excluding carboxylic acids is 2. The first-order valence-corrected chi connectivity index (χ1v) is 10.7. The predicted molar refractivity (Wildman–Crippen MR) is 108 cm³/mol. The van der Waals surface area contributed by atoms with Crippen LogP contribution in [0.2, 0.25) is 0 Å². The summed E-state index contributed by atoms with van der Waals surface area (Å²) < 4.78 is 11.8. The van der Waals surface area contributed by atoms with Gasteiger partial charge in [-0.2, -0.15) is 0 Å². The number of carbonyl (C=O) groups is 2. The number of esters is 2. The molecule has 4 heteroatoms. The van der Waals surface area contributed by atoms with Crippen molar-refractivity contribution < 1.29 is 19.1 Å². The number of hydrogen-bond acceptors (Lipinski definition) is 4. The average molecular weight is 385 g/mol. The zero-order chi connectivity index (χ0) is 20.4. The van der Waals surface area contributed by atoms with Crippen LogP contribution in [0.4, 0.5) is 0 Å². The maximum Gasteiger partial charge on any atom is 0.322 e. The van der Waals surface area contributed by atoms with E-state index in [4.69, 9.17) is 9.47 Å². The van der Waals surface area contributed by atoms with Crippen LogP contribution in [0.15, 0.2) is 6.07 Å². The van der Waals surface area contributed by atoms with Gasteiger partial charge >= 0.3 is 11.9 Å². The molecule has 1 heterocycles. The lowest BCUT2D eigenvalue weighted by Crippen LogP contribution is -2.52. The molecule has 0 N–H and O–H groups in total. The first-order valence-electron chi connectivity index (χ1n) is 10.7. The van der Waals surface area contributed by atoms with Crippen molar-refractivity contribution in [1.82, 2.24) is 0 Å². The number of rotatable bonds is 3. The topological polar surface area (TPSA) is 52.6 Å². The third-order valence-electron chi connectivity index (χ3n) is 7.28. The van der Waals surface area contributed by atoms with Crippen molar-refractivity contribution in [2.75, 3.05) is 0 Å². The molecule has 152 valence electrons. The number of ether oxygens (including phenoxy) is 2. The maximum atomic E-state index is 13.4. The van der Waals surface area contributed by atoms with Crippen LogP contribution in [0.3, 0.4) is 0 Å². The number of hydrogen-bond donors (Lipinski definition) is 0. The average Bonchev–Trinajstić information content (AvgIpc) is 2.90. The van der Waals surface area contributed by atoms with Crippen molar-refractivity contribution >= 4 is 11.9 Å². The highest BCUT2D eigenvalue weighted by molar-refractivity contribution is 5.94. The summed E-state index contributed by atoms with van der Waals surface area (Å²) in [6.07, 6.45) is 4.95. The molecular weight excluding hydrogens is 352 g/mol. The van der Waals surface area contributed by atoms with E-state index in [1.807, 2.05) is 13.8 Å². The second-order valence-electron chi connectivity index (χ2n) is 10.2. The number of benzene rings is 1. The standard InChI is InChI=1S/C24H32O4/c1-13(2)16-12-15-8-9-17-23(5,6)10-7-11-24(17)18(15)20(28-22(24)26)19(16)27-21(25)14(3)4/h12-14,17H,7-11H2,1-6H3/t17-,24+/m0/s1. The molecule has 1 saturated carbocycles. The van der Waals surface area contributed by atoms with Crippen molar-refractivity contribution in [3.63, 3.8) is 0 Å². The van der Waals surface area contributed by atoms with Gasteiger partial charge in [0.15, 0.2) is 11.5 Å². The molecule has 1 fully saturated rings. The van der Waals surface area contributed by atoms with Gasteiger partial charge in [0.05, 0.1) is 5.92 Å². The Labute approximate surface area is 168 Å². The summed E-state index contributed by atoms with van der Waals surface area (Å²) in [4.78, 5) is 25.8. The Bertz CT molecular complexity index is 849. The highest BCUT2D eigenvalue weighted by atomic mass is 16.6. The Kier molecular flexibility index (Phi) is 4.40. The van der Waals surface area contributed by atoms with Gasteiger partial charge in [-0.3, -0.25) is 9.59 Å². The van der Waals surface area contributed by atoms with Gasteiger partial charge in [-0.25, -0.2) is 0 Å². The summed E-state index contributed by atoms with van der Waals surface area (Å²) >= 11 is 0. The van der Waals surface area contributed by atoms with Crippen LogP contribution in [-0.4, -0.2) is 11.9 Å². The summed E-state index contributed by atoms with van der Waals surface area (Å²) in [6.45, 7) is 12.4. The summed E-state index contributed by atoms with van der Waals surface area (Å²) in [6, 6.07) is 2.17. The lowest BCUT2D eigenvalue weighted by molar-refractivity contribution is -0.146. The molecule has 0 saturated heterocycles. The van der Waals surface area contributed by atoms with E-state index in [0.29, 0.717) is 11.5 Å². The zero-order valence-electron chi connectivity index (χ0n) is 18.0. The molecule has 2 aliphatic carbocycles. The number of aryl methyl sites for hydroxylation is 1. The molecule has 3 aliphatic rings. The molecule has 0 radical (unpaired) electrons. The lowest BCUT2D eigenvalue weighted by atomic mass is 9.50. The summed E-state index contributed by atoms with van der Waals surface area (Å²) in [5.41, 5.74) is 2.72. The van der Waals surface area contributed by atoms with E-state index in [-0.39, 0.29) is 35.1 Å². The van der Waals surface area contributed by atoms with Gasteiger partial charge < -0.3 is 9.47 Å². The minimum Gasteiger partial charge on any atom is -0.422 e. The van der Waals surface area contributed by atoms with Gasteiger partial charge in [0, 0.05) is 11.1 Å². The molecule has 1 spiro atoms. The summed E-state index contributed by atoms with van der Waals surface area (Å²) in [5.74, 6) is 0.788. The minimum absolute atomic E-state index is 0.0993. The smallest absolute Gasteiger partial charge is 0.322 e. The third kappa shape index (κ3) is 2.56. The van der Waals surface area contributed by atoms with E-state index in [1.54, 1.807) is 0 Å². The molecule has 2 atom stereocenters. The molecular formula is C24H32O4. The molecule has 0 unspecified atom stereocenters. The maximum absolute atomic E-state index is 13.4. The fourth-order valence-corrected chi connectivity index (χ4v) is 5.86. The van der Waals surface area contributed by atoms with Crippen LogP contribution in [0, 0.1) is 17.3 Å². The Morgan fingerprint density at radius 2 is 1.93 bits per heavy atom. The fraction of sp³-hybridized carbons (Fsp3) is 0.667. The van der Waals surface area contributed by atoms with Crippen molar-refractivity contribution in [2.45, 2.75) is 85.0 Å². The monoisotopic (exact) mass is 384 g/mol. The fourth-order valence-electron chi connectivity index (χ4n) is 5.86. The van der Waals surface area contributed by atoms with Crippen molar-refractivity contribution in [3.8, 4) is 11.5 Å². The van der Waals surface area contributed by atoms with Crippen LogP contribution in [0.5, 0.6) is 11.5 Å². The highest BCUT2D eigenvalue weighted by Crippen LogP contribution is 2.64. The Balaban J connectivity index is 1.95. The Hall–Kier alpha value is -1.84.